The molecule has 8 heteroatoms. The third kappa shape index (κ3) is 2.59. The molecule has 0 amide bonds. The number of pyridine rings is 1. The highest BCUT2D eigenvalue weighted by molar-refractivity contribution is 14.1. The molecule has 0 aliphatic rings. The number of nitrogens with zero attached hydrogens (tertiary/aromatic N) is 1. The molecular weight excluding hydrogens is 346 g/mol. The monoisotopic (exact) mass is 352 g/mol. The van der Waals surface area contributed by atoms with Gasteiger partial charge in [0.15, 0.2) is 0 Å². The second kappa shape index (κ2) is 4.78. The van der Waals surface area contributed by atoms with Crippen molar-refractivity contribution in [2.75, 3.05) is 0 Å². The molecule has 0 radical (unpaired) electrons. The van der Waals surface area contributed by atoms with Gasteiger partial charge in [-0.15, -0.1) is 0 Å². The van der Waals surface area contributed by atoms with Gasteiger partial charge >= 0.3 is 6.18 Å². The summed E-state index contributed by atoms with van der Waals surface area (Å²) in [5, 5.41) is 0. The van der Waals surface area contributed by atoms with Crippen molar-refractivity contribution in [3.8, 4) is 0 Å². The van der Waals surface area contributed by atoms with Gasteiger partial charge < -0.3 is 5.73 Å². The normalized spacial score (nSPS) is 12.2. The summed E-state index contributed by atoms with van der Waals surface area (Å²) in [6, 6.07) is 0. The predicted molar refractivity (Wildman–Crippen MR) is 54.8 cm³/mol. The maximum absolute atomic E-state index is 12.6. The van der Waals surface area contributed by atoms with Crippen molar-refractivity contribution in [3.05, 3.63) is 26.6 Å². The molecule has 2 nitrogen and oxygen atoms in total. The molecule has 0 aromatic carbocycles. The first kappa shape index (κ1) is 13.6. The lowest BCUT2D eigenvalue weighted by Gasteiger charge is -2.16. The average Bonchev–Trinajstić information content (AvgIpc) is 2.14. The molecule has 1 aromatic heterocycles. The van der Waals surface area contributed by atoms with Crippen molar-refractivity contribution >= 4 is 22.6 Å². The predicted octanol–water partition coefficient (Wildman–Crippen LogP) is 3.10. The smallest absolute Gasteiger partial charge is 0.326 e. The van der Waals surface area contributed by atoms with Gasteiger partial charge in [0.1, 0.15) is 3.70 Å². The van der Waals surface area contributed by atoms with Crippen LogP contribution in [0.4, 0.5) is 22.0 Å². The van der Waals surface area contributed by atoms with Crippen LogP contribution in [0.2, 0.25) is 0 Å². The van der Waals surface area contributed by atoms with E-state index in [0.717, 1.165) is 0 Å². The summed E-state index contributed by atoms with van der Waals surface area (Å²) < 4.78 is 62.6. The Kier molecular flexibility index (Phi) is 4.05. The Hall–Kier alpha value is -0.510. The number of halogens is 6. The van der Waals surface area contributed by atoms with E-state index in [9.17, 15) is 22.0 Å². The molecule has 0 bridgehead atoms. The van der Waals surface area contributed by atoms with Crippen LogP contribution in [0, 0.1) is 3.70 Å². The second-order valence-corrected chi connectivity index (χ2v) is 3.88. The third-order valence-corrected chi connectivity index (χ3v) is 2.83. The fraction of sp³-hybridized carbons (Fsp3) is 0.375. The Labute approximate surface area is 101 Å². The largest absolute Gasteiger partial charge is 0.418 e. The second-order valence-electron chi connectivity index (χ2n) is 2.86. The van der Waals surface area contributed by atoms with E-state index in [1.165, 1.54) is 0 Å². The van der Waals surface area contributed by atoms with Crippen molar-refractivity contribution < 1.29 is 22.0 Å². The number of alkyl halides is 5. The molecule has 2 N–H and O–H groups in total. The molecule has 0 atom stereocenters. The lowest BCUT2D eigenvalue weighted by Crippen LogP contribution is -2.16. The van der Waals surface area contributed by atoms with E-state index in [1.807, 2.05) is 0 Å². The maximum Gasteiger partial charge on any atom is 0.418 e. The summed E-state index contributed by atoms with van der Waals surface area (Å²) in [5.74, 6) is 0. The Morgan fingerprint density at radius 3 is 2.31 bits per heavy atom. The molecule has 1 aromatic rings. The molecule has 0 unspecified atom stereocenters. The summed E-state index contributed by atoms with van der Waals surface area (Å²) in [5.41, 5.74) is 2.40. The SMILES string of the molecule is NCc1c(I)ncc(C(F)(F)F)c1C(F)F. The van der Waals surface area contributed by atoms with E-state index in [2.05, 4.69) is 4.98 Å². The van der Waals surface area contributed by atoms with Crippen molar-refractivity contribution in [2.45, 2.75) is 19.1 Å². The summed E-state index contributed by atoms with van der Waals surface area (Å²) in [6.07, 6.45) is -7.68. The third-order valence-electron chi connectivity index (χ3n) is 1.90. The van der Waals surface area contributed by atoms with Gasteiger partial charge in [0.2, 0.25) is 0 Å². The zero-order valence-corrected chi connectivity index (χ0v) is 9.81. The van der Waals surface area contributed by atoms with Gasteiger partial charge in [0, 0.05) is 23.9 Å². The molecule has 0 fully saturated rings. The summed E-state index contributed by atoms with van der Waals surface area (Å²) in [6.45, 7) is -0.408. The number of hydrogen-bond donors (Lipinski definition) is 1. The molecule has 0 aliphatic heterocycles. The quantitative estimate of drug-likeness (QED) is 0.505. The van der Waals surface area contributed by atoms with Gasteiger partial charge in [-0.3, -0.25) is 0 Å². The fourth-order valence-electron chi connectivity index (χ4n) is 1.21. The topological polar surface area (TPSA) is 38.9 Å². The summed E-state index contributed by atoms with van der Waals surface area (Å²) in [4.78, 5) is 3.41. The Balaban J connectivity index is 3.52. The van der Waals surface area contributed by atoms with Gasteiger partial charge in [-0.05, 0) is 22.6 Å². The maximum atomic E-state index is 12.6. The van der Waals surface area contributed by atoms with Gasteiger partial charge in [0.25, 0.3) is 6.43 Å². The van der Waals surface area contributed by atoms with Crippen molar-refractivity contribution in [1.82, 2.24) is 4.98 Å². The number of hydrogen-bond acceptors (Lipinski definition) is 2. The molecule has 16 heavy (non-hydrogen) atoms. The lowest BCUT2D eigenvalue weighted by atomic mass is 10.0. The van der Waals surface area contributed by atoms with Crippen LogP contribution >= 0.6 is 22.6 Å². The minimum Gasteiger partial charge on any atom is -0.326 e. The number of rotatable bonds is 2. The Bertz CT molecular complexity index is 391. The van der Waals surface area contributed by atoms with Crippen LogP contribution in [0.1, 0.15) is 23.1 Å². The molecule has 0 aliphatic carbocycles. The van der Waals surface area contributed by atoms with Crippen LogP contribution in [0.5, 0.6) is 0 Å². The molecule has 1 rings (SSSR count). The minimum atomic E-state index is -4.85. The highest BCUT2D eigenvalue weighted by Gasteiger charge is 2.38. The first-order valence-electron chi connectivity index (χ1n) is 4.01. The van der Waals surface area contributed by atoms with Gasteiger partial charge in [-0.1, -0.05) is 0 Å². The van der Waals surface area contributed by atoms with E-state index in [4.69, 9.17) is 5.73 Å². The van der Waals surface area contributed by atoms with Crippen LogP contribution < -0.4 is 5.73 Å². The minimum absolute atomic E-state index is 0.0587. The van der Waals surface area contributed by atoms with Crippen molar-refractivity contribution in [2.24, 2.45) is 5.73 Å². The molecular formula is C8H6F5IN2. The number of aromatic nitrogens is 1. The molecule has 0 saturated carbocycles. The van der Waals surface area contributed by atoms with E-state index >= 15 is 0 Å². The zero-order valence-electron chi connectivity index (χ0n) is 7.65. The van der Waals surface area contributed by atoms with E-state index in [1.54, 1.807) is 22.6 Å². The molecule has 0 saturated heterocycles. The van der Waals surface area contributed by atoms with Gasteiger partial charge in [-0.2, -0.15) is 13.2 Å². The molecule has 0 spiro atoms. The Morgan fingerprint density at radius 1 is 1.38 bits per heavy atom. The lowest BCUT2D eigenvalue weighted by molar-refractivity contribution is -0.139. The van der Waals surface area contributed by atoms with E-state index < -0.39 is 30.3 Å². The first-order valence-corrected chi connectivity index (χ1v) is 5.09. The first-order chi connectivity index (χ1) is 7.29. The average molecular weight is 352 g/mol. The van der Waals surface area contributed by atoms with E-state index in [-0.39, 0.29) is 9.26 Å². The van der Waals surface area contributed by atoms with Crippen LogP contribution in [0.15, 0.2) is 6.20 Å². The van der Waals surface area contributed by atoms with Crippen molar-refractivity contribution in [3.63, 3.8) is 0 Å². The van der Waals surface area contributed by atoms with Crippen molar-refractivity contribution in [1.29, 1.82) is 0 Å². The fourth-order valence-corrected chi connectivity index (χ4v) is 1.86. The van der Waals surface area contributed by atoms with E-state index in [0.29, 0.717) is 6.20 Å². The van der Waals surface area contributed by atoms with Crippen LogP contribution in [0.25, 0.3) is 0 Å². The van der Waals surface area contributed by atoms with Crippen LogP contribution in [-0.4, -0.2) is 4.98 Å². The highest BCUT2D eigenvalue weighted by atomic mass is 127. The molecule has 90 valence electrons. The standard InChI is InChI=1S/C8H6F5IN2/c9-6(10)5-3(1-15)7(14)16-2-4(5)8(11,12)13/h2,6H,1,15H2. The number of nitrogens with two attached hydrogens (primary N) is 1. The van der Waals surface area contributed by atoms with Crippen LogP contribution in [-0.2, 0) is 12.7 Å². The zero-order chi connectivity index (χ0) is 12.5. The van der Waals surface area contributed by atoms with Crippen LogP contribution in [0.3, 0.4) is 0 Å². The summed E-state index contributed by atoms with van der Waals surface area (Å²) in [7, 11) is 0. The molecule has 1 heterocycles. The highest BCUT2D eigenvalue weighted by Crippen LogP contribution is 2.38. The summed E-state index contributed by atoms with van der Waals surface area (Å²) >= 11 is 1.57. The van der Waals surface area contributed by atoms with Gasteiger partial charge in [0.05, 0.1) is 5.56 Å². The van der Waals surface area contributed by atoms with Gasteiger partial charge in [-0.25, -0.2) is 13.8 Å². The Morgan fingerprint density at radius 2 is 1.94 bits per heavy atom.